The van der Waals surface area contributed by atoms with E-state index in [0.717, 1.165) is 6.54 Å². The van der Waals surface area contributed by atoms with Crippen LogP contribution in [0.4, 0.5) is 16.4 Å². The zero-order valence-electron chi connectivity index (χ0n) is 9.53. The third-order valence-corrected chi connectivity index (χ3v) is 1.86. The second-order valence-corrected chi connectivity index (χ2v) is 3.63. The molecule has 16 heavy (non-hydrogen) atoms. The number of nitrogens with zero attached hydrogens (tertiary/aromatic N) is 2. The first kappa shape index (κ1) is 12.3. The molecular formula is C10H17N5O. The molecule has 0 saturated heterocycles. The van der Waals surface area contributed by atoms with E-state index in [9.17, 15) is 4.79 Å². The Morgan fingerprint density at radius 2 is 2.25 bits per heavy atom. The zero-order chi connectivity index (χ0) is 12.0. The lowest BCUT2D eigenvalue weighted by atomic mass is 10.4. The van der Waals surface area contributed by atoms with Crippen molar-refractivity contribution in [1.29, 1.82) is 0 Å². The van der Waals surface area contributed by atoms with Gasteiger partial charge in [-0.05, 0) is 26.2 Å². The van der Waals surface area contributed by atoms with Crippen LogP contribution < -0.4 is 16.4 Å². The molecule has 0 atom stereocenters. The number of amides is 2. The maximum atomic E-state index is 11.4. The Balaban J connectivity index is 2.34. The lowest BCUT2D eigenvalue weighted by molar-refractivity contribution is 0.250. The SMILES string of the molecule is CN(C)CCNC(=O)Nc1cccc(N)n1. The lowest BCUT2D eigenvalue weighted by Crippen LogP contribution is -2.34. The van der Waals surface area contributed by atoms with E-state index in [1.165, 1.54) is 0 Å². The van der Waals surface area contributed by atoms with Gasteiger partial charge in [0, 0.05) is 13.1 Å². The smallest absolute Gasteiger partial charge is 0.320 e. The lowest BCUT2D eigenvalue weighted by Gasteiger charge is -2.10. The maximum absolute atomic E-state index is 11.4. The van der Waals surface area contributed by atoms with E-state index in [4.69, 9.17) is 5.73 Å². The molecule has 1 heterocycles. The average molecular weight is 223 g/mol. The van der Waals surface area contributed by atoms with Crippen LogP contribution in [0.25, 0.3) is 0 Å². The molecular weight excluding hydrogens is 206 g/mol. The summed E-state index contributed by atoms with van der Waals surface area (Å²) in [4.78, 5) is 17.3. The molecule has 0 aromatic carbocycles. The van der Waals surface area contributed by atoms with Gasteiger partial charge in [0.25, 0.3) is 0 Å². The standard InChI is InChI=1S/C10H17N5O/c1-15(2)7-6-12-10(16)14-9-5-3-4-8(11)13-9/h3-5H,6-7H2,1-2H3,(H4,11,12,13,14,16). The van der Waals surface area contributed by atoms with Crippen LogP contribution in [-0.4, -0.2) is 43.1 Å². The van der Waals surface area contributed by atoms with Crippen molar-refractivity contribution in [1.82, 2.24) is 15.2 Å². The summed E-state index contributed by atoms with van der Waals surface area (Å²) in [7, 11) is 3.89. The van der Waals surface area contributed by atoms with Crippen LogP contribution in [0.2, 0.25) is 0 Å². The Labute approximate surface area is 94.8 Å². The van der Waals surface area contributed by atoms with E-state index in [0.29, 0.717) is 18.2 Å². The summed E-state index contributed by atoms with van der Waals surface area (Å²) in [6.07, 6.45) is 0. The molecule has 1 rings (SSSR count). The number of aromatic nitrogens is 1. The van der Waals surface area contributed by atoms with E-state index < -0.39 is 0 Å². The second kappa shape index (κ2) is 5.92. The number of anilines is 2. The van der Waals surface area contributed by atoms with Gasteiger partial charge in [-0.2, -0.15) is 0 Å². The van der Waals surface area contributed by atoms with Gasteiger partial charge in [0.05, 0.1) is 0 Å². The van der Waals surface area contributed by atoms with Gasteiger partial charge >= 0.3 is 6.03 Å². The van der Waals surface area contributed by atoms with Crippen LogP contribution in [-0.2, 0) is 0 Å². The number of rotatable bonds is 4. The largest absolute Gasteiger partial charge is 0.384 e. The molecule has 0 spiro atoms. The molecule has 2 amide bonds. The van der Waals surface area contributed by atoms with Crippen molar-refractivity contribution >= 4 is 17.7 Å². The monoisotopic (exact) mass is 223 g/mol. The normalized spacial score (nSPS) is 10.2. The van der Waals surface area contributed by atoms with Crippen molar-refractivity contribution in [2.45, 2.75) is 0 Å². The number of nitrogens with two attached hydrogens (primary N) is 1. The van der Waals surface area contributed by atoms with E-state index in [1.807, 2.05) is 19.0 Å². The molecule has 0 aliphatic heterocycles. The highest BCUT2D eigenvalue weighted by Gasteiger charge is 2.01. The van der Waals surface area contributed by atoms with Crippen LogP contribution in [0.5, 0.6) is 0 Å². The Kier molecular flexibility index (Phi) is 4.53. The number of hydrogen-bond acceptors (Lipinski definition) is 4. The second-order valence-electron chi connectivity index (χ2n) is 3.63. The van der Waals surface area contributed by atoms with E-state index >= 15 is 0 Å². The number of nitrogens with one attached hydrogen (secondary N) is 2. The summed E-state index contributed by atoms with van der Waals surface area (Å²) < 4.78 is 0. The molecule has 88 valence electrons. The minimum atomic E-state index is -0.278. The third-order valence-electron chi connectivity index (χ3n) is 1.86. The molecule has 0 aliphatic carbocycles. The van der Waals surface area contributed by atoms with E-state index in [-0.39, 0.29) is 6.03 Å². The predicted octanol–water partition coefficient (Wildman–Crippen LogP) is 0.347. The quantitative estimate of drug-likeness (QED) is 0.687. The topological polar surface area (TPSA) is 83.3 Å². The van der Waals surface area contributed by atoms with Crippen LogP contribution >= 0.6 is 0 Å². The Bertz CT molecular complexity index is 353. The van der Waals surface area contributed by atoms with Crippen LogP contribution in [0.15, 0.2) is 18.2 Å². The number of carbonyl (C=O) groups is 1. The van der Waals surface area contributed by atoms with Crippen LogP contribution in [0.1, 0.15) is 0 Å². The summed E-state index contributed by atoms with van der Waals surface area (Å²) in [5, 5.41) is 5.31. The highest BCUT2D eigenvalue weighted by atomic mass is 16.2. The molecule has 0 saturated carbocycles. The van der Waals surface area contributed by atoms with Gasteiger partial charge in [0.15, 0.2) is 0 Å². The Morgan fingerprint density at radius 3 is 2.88 bits per heavy atom. The van der Waals surface area contributed by atoms with Crippen molar-refractivity contribution in [3.63, 3.8) is 0 Å². The van der Waals surface area contributed by atoms with Crippen LogP contribution in [0, 0.1) is 0 Å². The molecule has 1 aromatic heterocycles. The molecule has 0 radical (unpaired) electrons. The summed E-state index contributed by atoms with van der Waals surface area (Å²) in [5.41, 5.74) is 5.48. The first-order chi connectivity index (χ1) is 7.58. The number of likely N-dealkylation sites (N-methyl/N-ethyl adjacent to an activating group) is 1. The highest BCUT2D eigenvalue weighted by molar-refractivity contribution is 5.88. The van der Waals surface area contributed by atoms with Gasteiger partial charge in [0.2, 0.25) is 0 Å². The number of urea groups is 1. The maximum Gasteiger partial charge on any atom is 0.320 e. The van der Waals surface area contributed by atoms with Crippen molar-refractivity contribution < 1.29 is 4.79 Å². The Hall–Kier alpha value is -1.82. The van der Waals surface area contributed by atoms with Gasteiger partial charge < -0.3 is 16.0 Å². The molecule has 0 aliphatic rings. The zero-order valence-corrected chi connectivity index (χ0v) is 9.53. The summed E-state index contributed by atoms with van der Waals surface area (Å²) in [6.45, 7) is 1.37. The van der Waals surface area contributed by atoms with Gasteiger partial charge in [-0.3, -0.25) is 5.32 Å². The van der Waals surface area contributed by atoms with Gasteiger partial charge in [-0.15, -0.1) is 0 Å². The summed E-state index contributed by atoms with van der Waals surface area (Å²) in [5.74, 6) is 0.827. The number of carbonyl (C=O) groups excluding carboxylic acids is 1. The summed E-state index contributed by atoms with van der Waals surface area (Å²) >= 11 is 0. The summed E-state index contributed by atoms with van der Waals surface area (Å²) in [6, 6.07) is 4.80. The molecule has 6 heteroatoms. The fraction of sp³-hybridized carbons (Fsp3) is 0.400. The van der Waals surface area contributed by atoms with Crippen molar-refractivity contribution in [2.24, 2.45) is 0 Å². The Morgan fingerprint density at radius 1 is 1.50 bits per heavy atom. The molecule has 0 fully saturated rings. The fourth-order valence-corrected chi connectivity index (χ4v) is 1.07. The number of nitrogen functional groups attached to an aromatic ring is 1. The minimum absolute atomic E-state index is 0.278. The average Bonchev–Trinajstić information content (AvgIpc) is 2.16. The van der Waals surface area contributed by atoms with Crippen molar-refractivity contribution in [3.8, 4) is 0 Å². The van der Waals surface area contributed by atoms with Crippen molar-refractivity contribution in [2.75, 3.05) is 38.2 Å². The molecule has 1 aromatic rings. The third kappa shape index (κ3) is 4.61. The van der Waals surface area contributed by atoms with E-state index in [2.05, 4.69) is 15.6 Å². The van der Waals surface area contributed by atoms with E-state index in [1.54, 1.807) is 18.2 Å². The minimum Gasteiger partial charge on any atom is -0.384 e. The van der Waals surface area contributed by atoms with Crippen LogP contribution in [0.3, 0.4) is 0 Å². The van der Waals surface area contributed by atoms with Crippen molar-refractivity contribution in [3.05, 3.63) is 18.2 Å². The molecule has 4 N–H and O–H groups in total. The first-order valence-electron chi connectivity index (χ1n) is 5.00. The molecule has 0 bridgehead atoms. The van der Waals surface area contributed by atoms with Gasteiger partial charge in [-0.1, -0.05) is 6.07 Å². The highest BCUT2D eigenvalue weighted by Crippen LogP contribution is 2.04. The van der Waals surface area contributed by atoms with Gasteiger partial charge in [-0.25, -0.2) is 9.78 Å². The molecule has 6 nitrogen and oxygen atoms in total. The predicted molar refractivity (Wildman–Crippen MR) is 64.2 cm³/mol. The van der Waals surface area contributed by atoms with Gasteiger partial charge in [0.1, 0.15) is 11.6 Å². The number of pyridine rings is 1. The molecule has 0 unspecified atom stereocenters. The number of hydrogen-bond donors (Lipinski definition) is 3. The first-order valence-corrected chi connectivity index (χ1v) is 5.00. The fourth-order valence-electron chi connectivity index (χ4n) is 1.07.